The second-order valence-corrected chi connectivity index (χ2v) is 4.43. The fraction of sp³-hybridized carbons (Fsp3) is 0.462. The first-order valence-electron chi connectivity index (χ1n) is 5.93. The molecule has 0 amide bonds. The molecule has 1 unspecified atom stereocenters. The summed E-state index contributed by atoms with van der Waals surface area (Å²) in [4.78, 5) is 13.0. The van der Waals surface area contributed by atoms with Crippen molar-refractivity contribution >= 4 is 11.7 Å². The predicted octanol–water partition coefficient (Wildman–Crippen LogP) is 0.891. The van der Waals surface area contributed by atoms with E-state index in [1.54, 1.807) is 19.1 Å². The van der Waals surface area contributed by atoms with E-state index in [-0.39, 0.29) is 12.7 Å². The van der Waals surface area contributed by atoms with Crippen molar-refractivity contribution in [3.8, 4) is 0 Å². The topological polar surface area (TPSA) is 70.0 Å². The minimum atomic E-state index is -0.908. The molecule has 1 saturated heterocycles. The Morgan fingerprint density at radius 1 is 1.56 bits per heavy atom. The molecule has 98 valence electrons. The molecular weight excluding hydrogens is 234 g/mol. The van der Waals surface area contributed by atoms with Crippen LogP contribution < -0.4 is 4.90 Å². The summed E-state index contributed by atoms with van der Waals surface area (Å²) in [5.74, 6) is -0.908. The van der Waals surface area contributed by atoms with Crippen LogP contribution in [0.1, 0.15) is 15.9 Å². The molecule has 0 saturated carbocycles. The van der Waals surface area contributed by atoms with Crippen molar-refractivity contribution in [2.24, 2.45) is 0 Å². The lowest BCUT2D eigenvalue weighted by Crippen LogP contribution is -2.44. The zero-order valence-corrected chi connectivity index (χ0v) is 10.3. The van der Waals surface area contributed by atoms with E-state index in [0.717, 1.165) is 17.8 Å². The van der Waals surface area contributed by atoms with Crippen LogP contribution in [0.25, 0.3) is 0 Å². The molecular formula is C13H17NO4. The number of carbonyl (C=O) groups is 1. The van der Waals surface area contributed by atoms with Crippen LogP contribution in [0, 0.1) is 6.92 Å². The summed E-state index contributed by atoms with van der Waals surface area (Å²) in [6.07, 6.45) is -0.168. The number of aryl methyl sites for hydroxylation is 1. The Labute approximate surface area is 106 Å². The SMILES string of the molecule is Cc1cc(N2CCOC(CO)C2)ccc1C(=O)O. The van der Waals surface area contributed by atoms with Crippen molar-refractivity contribution in [1.82, 2.24) is 0 Å². The molecule has 2 rings (SSSR count). The highest BCUT2D eigenvalue weighted by molar-refractivity contribution is 5.89. The summed E-state index contributed by atoms with van der Waals surface area (Å²) in [7, 11) is 0. The zero-order chi connectivity index (χ0) is 13.1. The number of nitrogens with zero attached hydrogens (tertiary/aromatic N) is 1. The van der Waals surface area contributed by atoms with Crippen LogP contribution in [0.2, 0.25) is 0 Å². The Kier molecular flexibility index (Phi) is 3.84. The van der Waals surface area contributed by atoms with Crippen LogP contribution in [-0.4, -0.2) is 48.6 Å². The molecule has 1 aliphatic heterocycles. The Morgan fingerprint density at radius 3 is 2.94 bits per heavy atom. The second kappa shape index (κ2) is 5.37. The third-order valence-corrected chi connectivity index (χ3v) is 3.15. The highest BCUT2D eigenvalue weighted by Gasteiger charge is 2.20. The number of morpholine rings is 1. The van der Waals surface area contributed by atoms with Gasteiger partial charge in [0.05, 0.1) is 24.9 Å². The van der Waals surface area contributed by atoms with Crippen molar-refractivity contribution in [2.45, 2.75) is 13.0 Å². The largest absolute Gasteiger partial charge is 0.478 e. The van der Waals surface area contributed by atoms with Crippen LogP contribution in [0.4, 0.5) is 5.69 Å². The average Bonchev–Trinajstić information content (AvgIpc) is 2.38. The first-order chi connectivity index (χ1) is 8.61. The minimum absolute atomic E-state index is 0.00267. The molecule has 5 nitrogen and oxygen atoms in total. The molecule has 1 fully saturated rings. The number of aromatic carboxylic acids is 1. The first kappa shape index (κ1) is 12.9. The molecule has 1 heterocycles. The van der Waals surface area contributed by atoms with Gasteiger partial charge in [-0.1, -0.05) is 0 Å². The maximum atomic E-state index is 10.9. The smallest absolute Gasteiger partial charge is 0.335 e. The summed E-state index contributed by atoms with van der Waals surface area (Å²) >= 11 is 0. The number of benzene rings is 1. The van der Waals surface area contributed by atoms with Crippen LogP contribution in [0.15, 0.2) is 18.2 Å². The van der Waals surface area contributed by atoms with E-state index in [4.69, 9.17) is 14.9 Å². The Bertz CT molecular complexity index is 447. The monoisotopic (exact) mass is 251 g/mol. The fourth-order valence-corrected chi connectivity index (χ4v) is 2.15. The predicted molar refractivity (Wildman–Crippen MR) is 67.2 cm³/mol. The van der Waals surface area contributed by atoms with E-state index in [2.05, 4.69) is 4.90 Å². The maximum Gasteiger partial charge on any atom is 0.335 e. The molecule has 2 N–H and O–H groups in total. The maximum absolute atomic E-state index is 10.9. The lowest BCUT2D eigenvalue weighted by Gasteiger charge is -2.34. The molecule has 0 bridgehead atoms. The van der Waals surface area contributed by atoms with Crippen molar-refractivity contribution in [3.05, 3.63) is 29.3 Å². The van der Waals surface area contributed by atoms with Gasteiger partial charge in [0.25, 0.3) is 0 Å². The van der Waals surface area contributed by atoms with Gasteiger partial charge in [-0.2, -0.15) is 0 Å². The van der Waals surface area contributed by atoms with Gasteiger partial charge in [0, 0.05) is 18.8 Å². The van der Waals surface area contributed by atoms with Gasteiger partial charge in [-0.05, 0) is 30.7 Å². The third-order valence-electron chi connectivity index (χ3n) is 3.15. The molecule has 0 aliphatic carbocycles. The fourth-order valence-electron chi connectivity index (χ4n) is 2.15. The number of aliphatic hydroxyl groups is 1. The molecule has 0 radical (unpaired) electrons. The number of hydrogen-bond donors (Lipinski definition) is 2. The summed E-state index contributed by atoms with van der Waals surface area (Å²) in [6, 6.07) is 5.29. The van der Waals surface area contributed by atoms with Gasteiger partial charge in [-0.15, -0.1) is 0 Å². The Morgan fingerprint density at radius 2 is 2.33 bits per heavy atom. The quantitative estimate of drug-likeness (QED) is 0.835. The number of carboxylic acid groups (broad SMARTS) is 1. The Hall–Kier alpha value is -1.59. The minimum Gasteiger partial charge on any atom is -0.478 e. The molecule has 18 heavy (non-hydrogen) atoms. The third kappa shape index (κ3) is 2.63. The number of carboxylic acids is 1. The number of hydrogen-bond acceptors (Lipinski definition) is 4. The van der Waals surface area contributed by atoms with E-state index in [1.165, 1.54) is 0 Å². The molecule has 1 atom stereocenters. The van der Waals surface area contributed by atoms with Crippen molar-refractivity contribution < 1.29 is 19.7 Å². The van der Waals surface area contributed by atoms with Crippen molar-refractivity contribution in [1.29, 1.82) is 0 Å². The second-order valence-electron chi connectivity index (χ2n) is 4.43. The highest BCUT2D eigenvalue weighted by atomic mass is 16.5. The molecule has 1 aliphatic rings. The van der Waals surface area contributed by atoms with Gasteiger partial charge in [-0.25, -0.2) is 4.79 Å². The van der Waals surface area contributed by atoms with Gasteiger partial charge in [0.15, 0.2) is 0 Å². The summed E-state index contributed by atoms with van der Waals surface area (Å²) in [5.41, 5.74) is 2.04. The lowest BCUT2D eigenvalue weighted by atomic mass is 10.1. The van der Waals surface area contributed by atoms with Gasteiger partial charge in [0.2, 0.25) is 0 Å². The number of aliphatic hydroxyl groups excluding tert-OH is 1. The summed E-state index contributed by atoms with van der Waals surface area (Å²) < 4.78 is 5.39. The first-order valence-corrected chi connectivity index (χ1v) is 5.93. The van der Waals surface area contributed by atoms with Crippen molar-refractivity contribution in [3.63, 3.8) is 0 Å². The number of ether oxygens (including phenoxy) is 1. The van der Waals surface area contributed by atoms with Gasteiger partial charge in [0.1, 0.15) is 0 Å². The van der Waals surface area contributed by atoms with Crippen molar-refractivity contribution in [2.75, 3.05) is 31.2 Å². The van der Waals surface area contributed by atoms with Gasteiger partial charge >= 0.3 is 5.97 Å². The number of rotatable bonds is 3. The Balaban J connectivity index is 2.18. The van der Waals surface area contributed by atoms with Gasteiger partial charge < -0.3 is 19.8 Å². The van der Waals surface area contributed by atoms with Crippen LogP contribution >= 0.6 is 0 Å². The van der Waals surface area contributed by atoms with Crippen LogP contribution in [-0.2, 0) is 4.74 Å². The highest BCUT2D eigenvalue weighted by Crippen LogP contribution is 2.21. The van der Waals surface area contributed by atoms with E-state index >= 15 is 0 Å². The molecule has 0 aromatic heterocycles. The summed E-state index contributed by atoms with van der Waals surface area (Å²) in [5, 5.41) is 18.1. The van der Waals surface area contributed by atoms with Gasteiger partial charge in [-0.3, -0.25) is 0 Å². The average molecular weight is 251 g/mol. The standard InChI is InChI=1S/C13H17NO4/c1-9-6-10(2-3-12(9)13(16)17)14-4-5-18-11(7-14)8-15/h2-3,6,11,15H,4-5,7-8H2,1H3,(H,16,17). The molecule has 0 spiro atoms. The normalized spacial score (nSPS) is 19.9. The zero-order valence-electron chi connectivity index (χ0n) is 10.3. The lowest BCUT2D eigenvalue weighted by molar-refractivity contribution is 0.00356. The van der Waals surface area contributed by atoms with E-state index < -0.39 is 5.97 Å². The van der Waals surface area contributed by atoms with E-state index in [1.807, 2.05) is 6.07 Å². The molecule has 5 heteroatoms. The summed E-state index contributed by atoms with van der Waals surface area (Å²) in [6.45, 7) is 3.75. The van der Waals surface area contributed by atoms with E-state index in [9.17, 15) is 4.79 Å². The van der Waals surface area contributed by atoms with Crippen LogP contribution in [0.5, 0.6) is 0 Å². The van der Waals surface area contributed by atoms with E-state index in [0.29, 0.717) is 18.7 Å². The van der Waals surface area contributed by atoms with Crippen LogP contribution in [0.3, 0.4) is 0 Å². The molecule has 1 aromatic carbocycles. The number of anilines is 1. The molecule has 1 aromatic rings.